The molecule has 2 nitrogen and oxygen atoms in total. The van der Waals surface area contributed by atoms with E-state index in [1.807, 2.05) is 30.3 Å². The quantitative estimate of drug-likeness (QED) is 0.774. The van der Waals surface area contributed by atoms with Crippen LogP contribution < -0.4 is 10.1 Å². The Kier molecular flexibility index (Phi) is 4.41. The predicted octanol–water partition coefficient (Wildman–Crippen LogP) is 5.47. The van der Waals surface area contributed by atoms with Crippen LogP contribution in [-0.4, -0.2) is 13.2 Å². The molecule has 110 valence electrons. The normalized spacial score (nSPS) is 20.7. The molecule has 0 aliphatic heterocycles. The van der Waals surface area contributed by atoms with Gasteiger partial charge in [-0.3, -0.25) is 0 Å². The smallest absolute Gasteiger partial charge is 0.121 e. The van der Waals surface area contributed by atoms with Crippen molar-refractivity contribution in [3.63, 3.8) is 0 Å². The third kappa shape index (κ3) is 3.35. The Hall–Kier alpha value is -1.19. The van der Waals surface area contributed by atoms with Crippen LogP contribution in [0.15, 0.2) is 46.9 Å². The first-order valence-corrected chi connectivity index (χ1v) is 8.18. The molecule has 0 heterocycles. The lowest BCUT2D eigenvalue weighted by molar-refractivity contribution is 0.373. The van der Waals surface area contributed by atoms with Gasteiger partial charge in [0.25, 0.3) is 0 Å². The maximum Gasteiger partial charge on any atom is 0.121 e. The molecular formula is C17H17BrClNO. The summed E-state index contributed by atoms with van der Waals surface area (Å²) in [4.78, 5) is 0. The van der Waals surface area contributed by atoms with Crippen molar-refractivity contribution in [1.82, 2.24) is 0 Å². The molecule has 1 fully saturated rings. The van der Waals surface area contributed by atoms with Crippen LogP contribution >= 0.6 is 27.5 Å². The molecule has 0 unspecified atom stereocenters. The van der Waals surface area contributed by atoms with E-state index in [1.54, 1.807) is 7.11 Å². The van der Waals surface area contributed by atoms with E-state index in [9.17, 15) is 0 Å². The number of anilines is 1. The molecule has 0 amide bonds. The summed E-state index contributed by atoms with van der Waals surface area (Å²) in [6.07, 6.45) is 2.29. The van der Waals surface area contributed by atoms with Gasteiger partial charge in [0.2, 0.25) is 0 Å². The maximum absolute atomic E-state index is 5.93. The molecule has 1 aliphatic carbocycles. The van der Waals surface area contributed by atoms with E-state index in [2.05, 4.69) is 33.4 Å². The largest absolute Gasteiger partial charge is 0.497 e. The molecular weight excluding hydrogens is 350 g/mol. The van der Waals surface area contributed by atoms with Gasteiger partial charge < -0.3 is 10.1 Å². The van der Waals surface area contributed by atoms with Crippen LogP contribution in [0, 0.1) is 0 Å². The van der Waals surface area contributed by atoms with Gasteiger partial charge in [0.15, 0.2) is 0 Å². The Balaban J connectivity index is 1.61. The van der Waals surface area contributed by atoms with Crippen molar-refractivity contribution in [3.8, 4) is 5.75 Å². The summed E-state index contributed by atoms with van der Waals surface area (Å²) in [6, 6.07) is 14.7. The van der Waals surface area contributed by atoms with Crippen molar-refractivity contribution in [2.24, 2.45) is 0 Å². The molecule has 4 heteroatoms. The minimum absolute atomic E-state index is 0.508. The molecule has 1 aliphatic rings. The number of nitrogens with one attached hydrogen (secondary N) is 1. The molecule has 0 saturated heterocycles. The standard InChI is InChI=1S/C17H17BrClNO/c1-21-15-6-7-16(18)17(10-15)20-14-8-12(9-14)11-2-4-13(19)5-3-11/h2-7,10,12,14,20H,8-9H2,1H3. The summed E-state index contributed by atoms with van der Waals surface area (Å²) < 4.78 is 6.34. The van der Waals surface area contributed by atoms with E-state index >= 15 is 0 Å². The Labute approximate surface area is 138 Å². The molecule has 0 bridgehead atoms. The fourth-order valence-electron chi connectivity index (χ4n) is 2.70. The van der Waals surface area contributed by atoms with Gasteiger partial charge in [-0.05, 0) is 64.5 Å². The van der Waals surface area contributed by atoms with Crippen LogP contribution in [0.5, 0.6) is 5.75 Å². The fraction of sp³-hybridized carbons (Fsp3) is 0.294. The number of hydrogen-bond acceptors (Lipinski definition) is 2. The third-order valence-corrected chi connectivity index (χ3v) is 4.96. The van der Waals surface area contributed by atoms with E-state index in [1.165, 1.54) is 5.56 Å². The van der Waals surface area contributed by atoms with E-state index in [4.69, 9.17) is 16.3 Å². The van der Waals surface area contributed by atoms with Crippen molar-refractivity contribution in [3.05, 3.63) is 57.5 Å². The second-order valence-electron chi connectivity index (χ2n) is 5.41. The Morgan fingerprint density at radius 1 is 1.14 bits per heavy atom. The van der Waals surface area contributed by atoms with Crippen molar-refractivity contribution in [1.29, 1.82) is 0 Å². The van der Waals surface area contributed by atoms with E-state index in [0.29, 0.717) is 12.0 Å². The summed E-state index contributed by atoms with van der Waals surface area (Å²) in [5.74, 6) is 1.50. The number of benzene rings is 2. The van der Waals surface area contributed by atoms with Crippen LogP contribution in [0.4, 0.5) is 5.69 Å². The molecule has 0 atom stereocenters. The lowest BCUT2D eigenvalue weighted by Crippen LogP contribution is -2.34. The monoisotopic (exact) mass is 365 g/mol. The summed E-state index contributed by atoms with van der Waals surface area (Å²) >= 11 is 9.51. The highest BCUT2D eigenvalue weighted by Gasteiger charge is 2.30. The van der Waals surface area contributed by atoms with Crippen LogP contribution in [0.1, 0.15) is 24.3 Å². The highest BCUT2D eigenvalue weighted by atomic mass is 79.9. The van der Waals surface area contributed by atoms with Crippen LogP contribution in [0.2, 0.25) is 5.02 Å². The lowest BCUT2D eigenvalue weighted by Gasteiger charge is -2.37. The molecule has 2 aromatic rings. The first-order chi connectivity index (χ1) is 10.2. The second kappa shape index (κ2) is 6.29. The van der Waals surface area contributed by atoms with E-state index < -0.39 is 0 Å². The number of ether oxygens (including phenoxy) is 1. The number of hydrogen-bond donors (Lipinski definition) is 1. The molecule has 21 heavy (non-hydrogen) atoms. The number of rotatable bonds is 4. The number of methoxy groups -OCH3 is 1. The zero-order valence-corrected chi connectivity index (χ0v) is 14.1. The maximum atomic E-state index is 5.93. The first-order valence-electron chi connectivity index (χ1n) is 7.01. The predicted molar refractivity (Wildman–Crippen MR) is 91.5 cm³/mol. The van der Waals surface area contributed by atoms with Crippen LogP contribution in [0.3, 0.4) is 0 Å². The van der Waals surface area contributed by atoms with Crippen LogP contribution in [-0.2, 0) is 0 Å². The molecule has 1 N–H and O–H groups in total. The van der Waals surface area contributed by atoms with Gasteiger partial charge >= 0.3 is 0 Å². The average molecular weight is 367 g/mol. The molecule has 0 radical (unpaired) electrons. The summed E-state index contributed by atoms with van der Waals surface area (Å²) in [7, 11) is 1.69. The van der Waals surface area contributed by atoms with E-state index in [-0.39, 0.29) is 0 Å². The highest BCUT2D eigenvalue weighted by Crippen LogP contribution is 2.40. The first kappa shape index (κ1) is 14.7. The molecule has 0 aromatic heterocycles. The van der Waals surface area contributed by atoms with Gasteiger partial charge in [0, 0.05) is 21.6 Å². The second-order valence-corrected chi connectivity index (χ2v) is 6.70. The summed E-state index contributed by atoms with van der Waals surface area (Å²) in [6.45, 7) is 0. The van der Waals surface area contributed by atoms with E-state index in [0.717, 1.165) is 33.8 Å². The lowest BCUT2D eigenvalue weighted by atomic mass is 9.76. The zero-order valence-electron chi connectivity index (χ0n) is 11.8. The van der Waals surface area contributed by atoms with Crippen LogP contribution in [0.25, 0.3) is 0 Å². The SMILES string of the molecule is COc1ccc(Br)c(NC2CC(c3ccc(Cl)cc3)C2)c1. The van der Waals surface area contributed by atoms with Crippen molar-refractivity contribution in [2.75, 3.05) is 12.4 Å². The zero-order chi connectivity index (χ0) is 14.8. The highest BCUT2D eigenvalue weighted by molar-refractivity contribution is 9.10. The van der Waals surface area contributed by atoms with Gasteiger partial charge in [0.1, 0.15) is 5.75 Å². The van der Waals surface area contributed by atoms with Crippen molar-refractivity contribution >= 4 is 33.2 Å². The average Bonchev–Trinajstić information content (AvgIpc) is 2.45. The molecule has 3 rings (SSSR count). The third-order valence-electron chi connectivity index (χ3n) is 4.01. The van der Waals surface area contributed by atoms with Gasteiger partial charge in [-0.15, -0.1) is 0 Å². The molecule has 0 spiro atoms. The fourth-order valence-corrected chi connectivity index (χ4v) is 3.19. The Morgan fingerprint density at radius 2 is 1.86 bits per heavy atom. The van der Waals surface area contributed by atoms with Crippen molar-refractivity contribution < 1.29 is 4.74 Å². The number of halogens is 2. The minimum atomic E-state index is 0.508. The van der Waals surface area contributed by atoms with Gasteiger partial charge in [-0.2, -0.15) is 0 Å². The summed E-state index contributed by atoms with van der Waals surface area (Å²) in [5, 5.41) is 4.38. The Morgan fingerprint density at radius 3 is 2.52 bits per heavy atom. The van der Waals surface area contributed by atoms with Gasteiger partial charge in [-0.1, -0.05) is 23.7 Å². The van der Waals surface area contributed by atoms with Gasteiger partial charge in [-0.25, -0.2) is 0 Å². The van der Waals surface area contributed by atoms with Crippen molar-refractivity contribution in [2.45, 2.75) is 24.8 Å². The molecule has 1 saturated carbocycles. The summed E-state index contributed by atoms with van der Waals surface area (Å²) in [5.41, 5.74) is 2.47. The Bertz CT molecular complexity index is 623. The van der Waals surface area contributed by atoms with Gasteiger partial charge in [0.05, 0.1) is 12.8 Å². The molecule has 2 aromatic carbocycles. The topological polar surface area (TPSA) is 21.3 Å². The minimum Gasteiger partial charge on any atom is -0.497 e.